The Bertz CT molecular complexity index is 830. The minimum atomic E-state index is -4.62. The summed E-state index contributed by atoms with van der Waals surface area (Å²) in [7, 11) is -4.10. The molecule has 0 unspecified atom stereocenters. The number of benzene rings is 1. The van der Waals surface area contributed by atoms with E-state index >= 15 is 0 Å². The molecule has 1 aliphatic rings. The molecule has 1 fully saturated rings. The van der Waals surface area contributed by atoms with Crippen molar-refractivity contribution in [3.8, 4) is 0 Å². The monoisotopic (exact) mass is 442 g/mol. The number of amides is 1. The molecule has 0 atom stereocenters. The maximum absolute atomic E-state index is 12.7. The van der Waals surface area contributed by atoms with Gasteiger partial charge in [-0.1, -0.05) is 11.6 Å². The van der Waals surface area contributed by atoms with Gasteiger partial charge in [-0.05, 0) is 51.8 Å². The lowest BCUT2D eigenvalue weighted by molar-refractivity contribution is -0.137. The van der Waals surface area contributed by atoms with Gasteiger partial charge in [0.15, 0.2) is 0 Å². The fourth-order valence-corrected chi connectivity index (χ4v) is 4.53. The van der Waals surface area contributed by atoms with Gasteiger partial charge >= 0.3 is 12.3 Å². The maximum atomic E-state index is 12.7. The SMILES string of the molecule is CC(C)(C)OC(=O)N1CCC(NS(=O)(=O)c2ccc(C(F)(F)F)cc2Cl)CC1. The van der Waals surface area contributed by atoms with Gasteiger partial charge in [0.05, 0.1) is 10.6 Å². The van der Waals surface area contributed by atoms with Gasteiger partial charge in [-0.2, -0.15) is 13.2 Å². The summed E-state index contributed by atoms with van der Waals surface area (Å²) in [6, 6.07) is 1.62. The third-order valence-corrected chi connectivity index (χ3v) is 6.02. The topological polar surface area (TPSA) is 75.7 Å². The number of hydrogen-bond donors (Lipinski definition) is 1. The molecule has 1 aromatic carbocycles. The highest BCUT2D eigenvalue weighted by atomic mass is 35.5. The number of carbonyl (C=O) groups excluding carboxylic acids is 1. The van der Waals surface area contributed by atoms with E-state index in [1.165, 1.54) is 4.90 Å². The van der Waals surface area contributed by atoms with Gasteiger partial charge in [0.25, 0.3) is 0 Å². The smallest absolute Gasteiger partial charge is 0.416 e. The Balaban J connectivity index is 2.02. The lowest BCUT2D eigenvalue weighted by Crippen LogP contribution is -2.47. The van der Waals surface area contributed by atoms with Crippen LogP contribution in [0.25, 0.3) is 0 Å². The molecule has 1 aromatic rings. The molecule has 0 aromatic heterocycles. The predicted molar refractivity (Wildman–Crippen MR) is 97.6 cm³/mol. The highest BCUT2D eigenvalue weighted by molar-refractivity contribution is 7.89. The zero-order chi connectivity index (χ0) is 21.3. The lowest BCUT2D eigenvalue weighted by atomic mass is 10.1. The van der Waals surface area contributed by atoms with E-state index in [4.69, 9.17) is 16.3 Å². The van der Waals surface area contributed by atoms with Crippen LogP contribution in [0, 0.1) is 0 Å². The van der Waals surface area contributed by atoms with Crippen molar-refractivity contribution >= 4 is 27.7 Å². The first-order valence-corrected chi connectivity index (χ1v) is 10.4. The Hall–Kier alpha value is -1.52. The Morgan fingerprint density at radius 3 is 2.25 bits per heavy atom. The molecule has 0 radical (unpaired) electrons. The zero-order valence-electron chi connectivity index (χ0n) is 15.6. The first-order chi connectivity index (χ1) is 12.7. The van der Waals surface area contributed by atoms with Gasteiger partial charge in [0.1, 0.15) is 10.5 Å². The highest BCUT2D eigenvalue weighted by Crippen LogP contribution is 2.33. The highest BCUT2D eigenvalue weighted by Gasteiger charge is 2.33. The van der Waals surface area contributed by atoms with Crippen LogP contribution in [0.4, 0.5) is 18.0 Å². The van der Waals surface area contributed by atoms with E-state index in [0.29, 0.717) is 38.1 Å². The molecule has 2 rings (SSSR count). The second kappa shape index (κ2) is 8.08. The Kier molecular flexibility index (Phi) is 6.57. The van der Waals surface area contributed by atoms with Crippen molar-refractivity contribution in [2.24, 2.45) is 0 Å². The summed E-state index contributed by atoms with van der Waals surface area (Å²) in [5.41, 5.74) is -1.66. The van der Waals surface area contributed by atoms with E-state index in [2.05, 4.69) is 4.72 Å². The van der Waals surface area contributed by atoms with Crippen molar-refractivity contribution in [1.29, 1.82) is 0 Å². The number of nitrogens with zero attached hydrogens (tertiary/aromatic N) is 1. The van der Waals surface area contributed by atoms with Gasteiger partial charge in [0.2, 0.25) is 10.0 Å². The Morgan fingerprint density at radius 1 is 1.21 bits per heavy atom. The minimum Gasteiger partial charge on any atom is -0.444 e. The molecule has 0 saturated carbocycles. The van der Waals surface area contributed by atoms with Crippen LogP contribution >= 0.6 is 11.6 Å². The number of hydrogen-bond acceptors (Lipinski definition) is 4. The van der Waals surface area contributed by atoms with Crippen molar-refractivity contribution in [1.82, 2.24) is 9.62 Å². The molecule has 1 saturated heterocycles. The average Bonchev–Trinajstić information content (AvgIpc) is 2.52. The van der Waals surface area contributed by atoms with Crippen LogP contribution in [-0.2, 0) is 20.9 Å². The van der Waals surface area contributed by atoms with Crippen LogP contribution in [0.2, 0.25) is 5.02 Å². The molecule has 1 heterocycles. The first kappa shape index (κ1) is 22.8. The van der Waals surface area contributed by atoms with Gasteiger partial charge in [-0.15, -0.1) is 0 Å². The molecule has 0 bridgehead atoms. The van der Waals surface area contributed by atoms with Gasteiger partial charge in [-0.3, -0.25) is 0 Å². The number of rotatable bonds is 3. The average molecular weight is 443 g/mol. The summed E-state index contributed by atoms with van der Waals surface area (Å²) in [4.78, 5) is 13.1. The van der Waals surface area contributed by atoms with Crippen molar-refractivity contribution in [2.75, 3.05) is 13.1 Å². The molecule has 6 nitrogen and oxygen atoms in total. The molecular formula is C17H22ClF3N2O4S. The number of halogens is 4. The summed E-state index contributed by atoms with van der Waals surface area (Å²) in [6.45, 7) is 5.84. The van der Waals surface area contributed by atoms with Crippen LogP contribution < -0.4 is 4.72 Å². The quantitative estimate of drug-likeness (QED) is 0.766. The van der Waals surface area contributed by atoms with Crippen molar-refractivity contribution in [2.45, 2.75) is 56.3 Å². The summed E-state index contributed by atoms with van der Waals surface area (Å²) in [5, 5.41) is -0.506. The van der Waals surface area contributed by atoms with Crippen molar-refractivity contribution < 1.29 is 31.1 Å². The van der Waals surface area contributed by atoms with Crippen LogP contribution in [0.1, 0.15) is 39.2 Å². The molecule has 28 heavy (non-hydrogen) atoms. The summed E-state index contributed by atoms with van der Waals surface area (Å²) in [5.74, 6) is 0. The van der Waals surface area contributed by atoms with Crippen LogP contribution in [0.3, 0.4) is 0 Å². The Labute approximate surface area is 167 Å². The van der Waals surface area contributed by atoms with E-state index in [1.807, 2.05) is 0 Å². The van der Waals surface area contributed by atoms with Crippen LogP contribution in [0.15, 0.2) is 23.1 Å². The number of piperidine rings is 1. The van der Waals surface area contributed by atoms with E-state index < -0.39 is 49.4 Å². The predicted octanol–water partition coefficient (Wildman–Crippen LogP) is 4.04. The normalized spacial score (nSPS) is 16.9. The molecule has 11 heteroatoms. The summed E-state index contributed by atoms with van der Waals surface area (Å²) < 4.78 is 70.9. The second-order valence-electron chi connectivity index (χ2n) is 7.51. The summed E-state index contributed by atoms with van der Waals surface area (Å²) in [6.07, 6.45) is -4.40. The molecule has 1 N–H and O–H groups in total. The first-order valence-electron chi connectivity index (χ1n) is 8.56. The number of likely N-dealkylation sites (tertiary alicyclic amines) is 1. The number of alkyl halides is 3. The maximum Gasteiger partial charge on any atom is 0.416 e. The van der Waals surface area contributed by atoms with Crippen LogP contribution in [0.5, 0.6) is 0 Å². The fourth-order valence-electron chi connectivity index (χ4n) is 2.68. The second-order valence-corrected chi connectivity index (χ2v) is 9.60. The number of nitrogens with one attached hydrogen (secondary N) is 1. The van der Waals surface area contributed by atoms with E-state index in [9.17, 15) is 26.4 Å². The minimum absolute atomic E-state index is 0.294. The van der Waals surface area contributed by atoms with E-state index in [1.54, 1.807) is 20.8 Å². The fraction of sp³-hybridized carbons (Fsp3) is 0.588. The standard InChI is InChI=1S/C17H22ClF3N2O4S/c1-16(2,3)27-15(24)23-8-6-12(7-9-23)22-28(25,26)14-5-4-11(10-13(14)18)17(19,20)21/h4-5,10,12,22H,6-9H2,1-3H3. The Morgan fingerprint density at radius 2 is 1.79 bits per heavy atom. The third-order valence-electron chi connectivity index (χ3n) is 4.02. The van der Waals surface area contributed by atoms with Gasteiger partial charge in [0, 0.05) is 19.1 Å². The van der Waals surface area contributed by atoms with E-state index in [-0.39, 0.29) is 0 Å². The molecular weight excluding hydrogens is 421 g/mol. The van der Waals surface area contributed by atoms with Gasteiger partial charge < -0.3 is 9.64 Å². The van der Waals surface area contributed by atoms with E-state index in [0.717, 1.165) is 6.07 Å². The van der Waals surface area contributed by atoms with Crippen molar-refractivity contribution in [3.05, 3.63) is 28.8 Å². The molecule has 0 aliphatic carbocycles. The number of sulfonamides is 1. The van der Waals surface area contributed by atoms with Crippen LogP contribution in [-0.4, -0.2) is 44.1 Å². The molecule has 0 spiro atoms. The molecule has 1 amide bonds. The molecule has 1 aliphatic heterocycles. The third kappa shape index (κ3) is 5.99. The summed E-state index contributed by atoms with van der Waals surface area (Å²) >= 11 is 5.78. The van der Waals surface area contributed by atoms with Crippen molar-refractivity contribution in [3.63, 3.8) is 0 Å². The molecule has 158 valence electrons. The number of ether oxygens (including phenoxy) is 1. The van der Waals surface area contributed by atoms with Gasteiger partial charge in [-0.25, -0.2) is 17.9 Å². The number of carbonyl (C=O) groups is 1. The largest absolute Gasteiger partial charge is 0.444 e. The zero-order valence-corrected chi connectivity index (χ0v) is 17.2. The lowest BCUT2D eigenvalue weighted by Gasteiger charge is -2.33.